The minimum absolute atomic E-state index is 0. The zero-order valence-electron chi connectivity index (χ0n) is 6.44. The van der Waals surface area contributed by atoms with Crippen molar-refractivity contribution in [2.45, 2.75) is 25.6 Å². The summed E-state index contributed by atoms with van der Waals surface area (Å²) >= 11 is 0. The molecule has 0 rings (SSSR count). The van der Waals surface area contributed by atoms with Crippen molar-refractivity contribution in [2.24, 2.45) is 0 Å². The minimum atomic E-state index is 0. The van der Waals surface area contributed by atoms with Crippen molar-refractivity contribution in [2.75, 3.05) is 13.7 Å². The van der Waals surface area contributed by atoms with E-state index in [-0.39, 0.29) is 13.5 Å². The second-order valence-electron chi connectivity index (χ2n) is 2.30. The van der Waals surface area contributed by atoms with Crippen molar-refractivity contribution < 1.29 is 9.44 Å². The van der Waals surface area contributed by atoms with Crippen LogP contribution in [0.5, 0.6) is 0 Å². The Morgan fingerprint density at radius 2 is 1.89 bits per heavy atom. The summed E-state index contributed by atoms with van der Waals surface area (Å²) in [7, 11) is 1.77. The van der Waals surface area contributed by atoms with Gasteiger partial charge in [-0.25, -0.2) is 0 Å². The van der Waals surface area contributed by atoms with Gasteiger partial charge in [0.25, 0.3) is 0 Å². The molecule has 0 saturated heterocycles. The van der Waals surface area contributed by atoms with E-state index in [0.29, 0.717) is 0 Å². The molecule has 0 fully saturated rings. The van der Waals surface area contributed by atoms with Gasteiger partial charge in [0.05, 0.1) is 0 Å². The number of hydrogen-bond donors (Lipinski definition) is 0. The average Bonchev–Trinajstić information content (AvgIpc) is 1.66. The Morgan fingerprint density at radius 1 is 1.33 bits per heavy atom. The highest BCUT2D eigenvalue weighted by molar-refractivity contribution is 6.55. The maximum absolute atomic E-state index is 4.91. The molecule has 0 amide bonds. The summed E-state index contributed by atoms with van der Waals surface area (Å²) in [5.74, 6) is 0. The highest BCUT2D eigenvalue weighted by Crippen LogP contribution is 1.95. The van der Waals surface area contributed by atoms with E-state index in [1.165, 1.54) is 12.5 Å². The molecule has 0 bridgehead atoms. The third-order valence-corrected chi connectivity index (χ3v) is 2.38. The Labute approximate surface area is 58.4 Å². The van der Waals surface area contributed by atoms with Crippen LogP contribution in [-0.2, 0) is 4.74 Å². The van der Waals surface area contributed by atoms with Gasteiger partial charge in [-0.05, 0) is 6.42 Å². The summed E-state index contributed by atoms with van der Waals surface area (Å²) in [5, 5.41) is 0. The van der Waals surface area contributed by atoms with E-state index in [1.54, 1.807) is 7.11 Å². The smallest absolute Gasteiger partial charge is 0.0459 e. The van der Waals surface area contributed by atoms with Crippen LogP contribution in [0.25, 0.3) is 0 Å². The molecule has 0 N–H and O–H groups in total. The molecule has 0 spiro atoms. The molecule has 9 heavy (non-hydrogen) atoms. The first-order valence-corrected chi connectivity index (χ1v) is 5.76. The van der Waals surface area contributed by atoms with E-state index in [1.807, 2.05) is 0 Å². The minimum Gasteiger partial charge on any atom is -0.385 e. The lowest BCUT2D eigenvalue weighted by Crippen LogP contribution is -2.00. The highest BCUT2D eigenvalue weighted by Gasteiger charge is 1.93. The van der Waals surface area contributed by atoms with E-state index in [2.05, 4.69) is 13.1 Å². The predicted molar refractivity (Wildman–Crippen MR) is 41.3 cm³/mol. The van der Waals surface area contributed by atoms with Crippen molar-refractivity contribution >= 4 is 8.80 Å². The van der Waals surface area contributed by atoms with Gasteiger partial charge in [0.1, 0.15) is 0 Å². The van der Waals surface area contributed by atoms with E-state index >= 15 is 0 Å². The van der Waals surface area contributed by atoms with Gasteiger partial charge in [-0.1, -0.05) is 19.1 Å². The van der Waals surface area contributed by atoms with Crippen LogP contribution in [0.4, 0.5) is 4.70 Å². The van der Waals surface area contributed by atoms with Gasteiger partial charge in [-0.2, -0.15) is 0 Å². The van der Waals surface area contributed by atoms with E-state index < -0.39 is 0 Å². The molecule has 0 saturated carbocycles. The molecule has 1 radical (unpaired) electrons. The average molecular weight is 151 g/mol. The maximum atomic E-state index is 4.91. The SMILES string of the molecule is COCCC[Si](C)C.F. The fourth-order valence-corrected chi connectivity index (χ4v) is 1.42. The standard InChI is InChI=1S/C6H15OSi.FH/c1-7-5-4-6-8(2)3;/h4-6H2,1-3H3;1H. The fraction of sp³-hybridized carbons (Fsp3) is 1.00. The van der Waals surface area contributed by atoms with Gasteiger partial charge in [-0.3, -0.25) is 4.70 Å². The summed E-state index contributed by atoms with van der Waals surface area (Å²) in [5.41, 5.74) is 0. The second-order valence-corrected chi connectivity index (χ2v) is 5.22. The first-order valence-electron chi connectivity index (χ1n) is 3.05. The fourth-order valence-electron chi connectivity index (χ4n) is 0.570. The quantitative estimate of drug-likeness (QED) is 0.440. The van der Waals surface area contributed by atoms with Crippen LogP contribution < -0.4 is 0 Å². The molecule has 0 aromatic carbocycles. The van der Waals surface area contributed by atoms with Gasteiger partial charge in [0, 0.05) is 22.5 Å². The number of hydrogen-bond acceptors (Lipinski definition) is 1. The zero-order chi connectivity index (χ0) is 6.41. The van der Waals surface area contributed by atoms with Crippen molar-refractivity contribution in [3.63, 3.8) is 0 Å². The monoisotopic (exact) mass is 151 g/mol. The van der Waals surface area contributed by atoms with E-state index in [9.17, 15) is 0 Å². The molecule has 0 heterocycles. The topological polar surface area (TPSA) is 9.23 Å². The Bertz CT molecular complexity index is 50.3. The van der Waals surface area contributed by atoms with Crippen molar-refractivity contribution in [1.82, 2.24) is 0 Å². The molecule has 1 nitrogen and oxygen atoms in total. The molecule has 0 aromatic rings. The lowest BCUT2D eigenvalue weighted by molar-refractivity contribution is 0.199. The van der Waals surface area contributed by atoms with Crippen molar-refractivity contribution in [3.05, 3.63) is 0 Å². The normalized spacial score (nSPS) is 9.33. The van der Waals surface area contributed by atoms with E-state index in [4.69, 9.17) is 4.74 Å². The molecule has 0 aliphatic rings. The van der Waals surface area contributed by atoms with Crippen LogP contribution in [0.1, 0.15) is 6.42 Å². The highest BCUT2D eigenvalue weighted by atomic mass is 28.3. The van der Waals surface area contributed by atoms with Gasteiger partial charge in [0.2, 0.25) is 0 Å². The van der Waals surface area contributed by atoms with Gasteiger partial charge in [-0.15, -0.1) is 0 Å². The van der Waals surface area contributed by atoms with Gasteiger partial charge < -0.3 is 4.74 Å². The molecule has 0 atom stereocenters. The molecule has 57 valence electrons. The molecule has 0 aliphatic heterocycles. The Balaban J connectivity index is 0. The molecular formula is C6H16FOSi. The van der Waals surface area contributed by atoms with Gasteiger partial charge in [0.15, 0.2) is 0 Å². The zero-order valence-corrected chi connectivity index (χ0v) is 7.44. The van der Waals surface area contributed by atoms with Crippen LogP contribution in [0.15, 0.2) is 0 Å². The third kappa shape index (κ3) is 11.6. The summed E-state index contributed by atoms with van der Waals surface area (Å²) in [6, 6.07) is 1.39. The third-order valence-electron chi connectivity index (χ3n) is 1.03. The number of methoxy groups -OCH3 is 1. The molecule has 0 unspecified atom stereocenters. The van der Waals surface area contributed by atoms with Crippen molar-refractivity contribution in [3.8, 4) is 0 Å². The lowest BCUT2D eigenvalue weighted by atomic mass is 10.5. The number of ether oxygens (including phenoxy) is 1. The molecule has 3 heteroatoms. The van der Waals surface area contributed by atoms with E-state index in [0.717, 1.165) is 6.61 Å². The second kappa shape index (κ2) is 8.11. The first kappa shape index (κ1) is 11.9. The Morgan fingerprint density at radius 3 is 2.22 bits per heavy atom. The van der Waals surface area contributed by atoms with Crippen molar-refractivity contribution in [1.29, 1.82) is 0 Å². The van der Waals surface area contributed by atoms with Crippen LogP contribution in [0, 0.1) is 0 Å². The largest absolute Gasteiger partial charge is 0.385 e. The number of halogens is 1. The summed E-state index contributed by atoms with van der Waals surface area (Å²) in [4.78, 5) is 0. The van der Waals surface area contributed by atoms with Gasteiger partial charge >= 0.3 is 0 Å². The van der Waals surface area contributed by atoms with Crippen LogP contribution in [-0.4, -0.2) is 22.5 Å². The van der Waals surface area contributed by atoms with Crippen LogP contribution in [0.2, 0.25) is 19.1 Å². The lowest BCUT2D eigenvalue weighted by Gasteiger charge is -1.99. The summed E-state index contributed by atoms with van der Waals surface area (Å²) in [6.45, 7) is 5.61. The summed E-state index contributed by atoms with van der Waals surface area (Å²) < 4.78 is 4.91. The number of rotatable bonds is 4. The maximum Gasteiger partial charge on any atom is 0.0459 e. The van der Waals surface area contributed by atoms with Crippen LogP contribution >= 0.6 is 0 Å². The molecule has 0 aliphatic carbocycles. The molecule has 0 aromatic heterocycles. The predicted octanol–water partition coefficient (Wildman–Crippen LogP) is 1.93. The summed E-state index contributed by atoms with van der Waals surface area (Å²) in [6.07, 6.45) is 1.25. The Kier molecular flexibility index (Phi) is 10.7. The molecular weight excluding hydrogens is 135 g/mol. The Hall–Kier alpha value is 0.107. The first-order chi connectivity index (χ1) is 3.77. The van der Waals surface area contributed by atoms with Crippen LogP contribution in [0.3, 0.4) is 0 Å².